The number of ketones is 1. The predicted octanol–water partition coefficient (Wildman–Crippen LogP) is 4.42. The number of rotatable bonds is 2. The molecule has 1 aliphatic carbocycles. The number of carbonyl (C=O) groups excluding carboxylic acids is 1. The van der Waals surface area contributed by atoms with Crippen LogP contribution in [0.3, 0.4) is 0 Å². The molecule has 1 aliphatic rings. The average Bonchev–Trinajstić information content (AvgIpc) is 2.71. The maximum absolute atomic E-state index is 13.3. The molecular formula is C24H16O3. The molecule has 3 heteroatoms. The number of hydrogen-bond donors (Lipinski definition) is 0. The predicted molar refractivity (Wildman–Crippen MR) is 108 cm³/mol. The first kappa shape index (κ1) is 15.1. The molecule has 0 bridgehead atoms. The summed E-state index contributed by atoms with van der Waals surface area (Å²) in [7, 11) is 3.01. The van der Waals surface area contributed by atoms with Crippen LogP contribution in [0.15, 0.2) is 54.6 Å². The van der Waals surface area contributed by atoms with Crippen LogP contribution in [-0.4, -0.2) is 25.8 Å². The normalized spacial score (nSPS) is 16.0. The van der Waals surface area contributed by atoms with Crippen molar-refractivity contribution in [2.45, 2.75) is 5.79 Å². The van der Waals surface area contributed by atoms with Crippen LogP contribution in [-0.2, 0) is 9.47 Å². The molecule has 0 heterocycles. The second-order valence-electron chi connectivity index (χ2n) is 7.22. The van der Waals surface area contributed by atoms with Crippen molar-refractivity contribution < 1.29 is 14.3 Å². The van der Waals surface area contributed by atoms with Crippen LogP contribution >= 0.6 is 0 Å². The van der Waals surface area contributed by atoms with Gasteiger partial charge in [0.25, 0.3) is 5.79 Å². The topological polar surface area (TPSA) is 35.5 Å². The van der Waals surface area contributed by atoms with Gasteiger partial charge in [0.2, 0.25) is 5.78 Å². The fourth-order valence-electron chi connectivity index (χ4n) is 4.79. The molecular weight excluding hydrogens is 336 g/mol. The van der Waals surface area contributed by atoms with E-state index in [0.717, 1.165) is 26.8 Å². The fraction of sp³-hybridized carbons (Fsp3) is 0.125. The molecule has 6 rings (SSSR count). The second kappa shape index (κ2) is 4.83. The van der Waals surface area contributed by atoms with Crippen molar-refractivity contribution in [3.8, 4) is 0 Å². The van der Waals surface area contributed by atoms with Gasteiger partial charge in [0, 0.05) is 25.2 Å². The smallest absolute Gasteiger partial charge is 0.254 e. The summed E-state index contributed by atoms with van der Waals surface area (Å²) < 4.78 is 11.0. The van der Waals surface area contributed by atoms with E-state index in [4.69, 9.17) is 9.47 Å². The van der Waals surface area contributed by atoms with E-state index < -0.39 is 5.79 Å². The van der Waals surface area contributed by atoms with Gasteiger partial charge in [-0.25, -0.2) is 0 Å². The molecule has 5 aromatic rings. The van der Waals surface area contributed by atoms with Crippen molar-refractivity contribution in [1.82, 2.24) is 0 Å². The van der Waals surface area contributed by atoms with E-state index >= 15 is 0 Å². The first-order valence-electron chi connectivity index (χ1n) is 8.98. The number of methoxy groups -OCH3 is 2. The Morgan fingerprint density at radius 3 is 2.15 bits per heavy atom. The third-order valence-corrected chi connectivity index (χ3v) is 6.02. The lowest BCUT2D eigenvalue weighted by molar-refractivity contribution is -0.123. The van der Waals surface area contributed by atoms with Gasteiger partial charge in [0.05, 0.1) is 0 Å². The summed E-state index contributed by atoms with van der Waals surface area (Å²) in [4.78, 5) is 13.3. The Hall–Kier alpha value is -3.01. The molecule has 0 radical (unpaired) electrons. The van der Waals surface area contributed by atoms with E-state index in [0.29, 0.717) is 5.56 Å². The Morgan fingerprint density at radius 1 is 0.704 bits per heavy atom. The van der Waals surface area contributed by atoms with Crippen molar-refractivity contribution in [2.24, 2.45) is 0 Å². The first-order chi connectivity index (χ1) is 13.2. The van der Waals surface area contributed by atoms with E-state index in [2.05, 4.69) is 48.5 Å². The van der Waals surface area contributed by atoms with Gasteiger partial charge in [-0.15, -0.1) is 0 Å². The number of ether oxygens (including phenoxy) is 2. The molecule has 0 aliphatic heterocycles. The highest BCUT2D eigenvalue weighted by atomic mass is 16.7. The SMILES string of the molecule is COC1(OC)C=c2ccc3cc4cccc5ccc6cc(c2c3c6c54)C1=O. The Labute approximate surface area is 155 Å². The molecule has 0 unspecified atom stereocenters. The van der Waals surface area contributed by atoms with Gasteiger partial charge in [0.1, 0.15) is 0 Å². The van der Waals surface area contributed by atoms with Gasteiger partial charge in [-0.2, -0.15) is 0 Å². The highest BCUT2D eigenvalue weighted by molar-refractivity contribution is 6.34. The maximum Gasteiger partial charge on any atom is 0.254 e. The minimum Gasteiger partial charge on any atom is -0.343 e. The summed E-state index contributed by atoms with van der Waals surface area (Å²) >= 11 is 0. The van der Waals surface area contributed by atoms with Crippen molar-refractivity contribution in [1.29, 1.82) is 0 Å². The largest absolute Gasteiger partial charge is 0.343 e. The molecule has 0 fully saturated rings. The Kier molecular flexibility index (Phi) is 2.70. The zero-order valence-corrected chi connectivity index (χ0v) is 15.0. The van der Waals surface area contributed by atoms with Crippen molar-refractivity contribution in [3.63, 3.8) is 0 Å². The molecule has 0 spiro atoms. The second-order valence-corrected chi connectivity index (χ2v) is 7.22. The monoisotopic (exact) mass is 352 g/mol. The molecule has 130 valence electrons. The summed E-state index contributed by atoms with van der Waals surface area (Å²) in [6.45, 7) is 0. The van der Waals surface area contributed by atoms with Gasteiger partial charge in [-0.3, -0.25) is 4.79 Å². The molecule has 27 heavy (non-hydrogen) atoms. The van der Waals surface area contributed by atoms with Gasteiger partial charge in [0.15, 0.2) is 0 Å². The third kappa shape index (κ3) is 1.67. The highest BCUT2D eigenvalue weighted by Gasteiger charge is 2.41. The van der Waals surface area contributed by atoms with E-state index in [-0.39, 0.29) is 5.78 Å². The number of benzene rings is 5. The molecule has 0 saturated heterocycles. The zero-order chi connectivity index (χ0) is 18.3. The van der Waals surface area contributed by atoms with Crippen LogP contribution in [0.2, 0.25) is 0 Å². The molecule has 0 N–H and O–H groups in total. The first-order valence-corrected chi connectivity index (χ1v) is 8.98. The van der Waals surface area contributed by atoms with Gasteiger partial charge >= 0.3 is 0 Å². The molecule has 0 saturated carbocycles. The quantitative estimate of drug-likeness (QED) is 0.268. The van der Waals surface area contributed by atoms with Crippen LogP contribution < -0.4 is 5.22 Å². The van der Waals surface area contributed by atoms with E-state index in [1.807, 2.05) is 6.07 Å². The highest BCUT2D eigenvalue weighted by Crippen LogP contribution is 2.42. The van der Waals surface area contributed by atoms with Gasteiger partial charge < -0.3 is 9.47 Å². The Bertz CT molecular complexity index is 1460. The lowest BCUT2D eigenvalue weighted by Gasteiger charge is -2.30. The van der Waals surface area contributed by atoms with Crippen LogP contribution in [0.5, 0.6) is 0 Å². The van der Waals surface area contributed by atoms with E-state index in [9.17, 15) is 4.79 Å². The summed E-state index contributed by atoms with van der Waals surface area (Å²) in [5, 5.41) is 10.3. The van der Waals surface area contributed by atoms with Crippen LogP contribution in [0, 0.1) is 0 Å². The average molecular weight is 352 g/mol. The van der Waals surface area contributed by atoms with Gasteiger partial charge in [-0.1, -0.05) is 42.5 Å². The number of carbonyl (C=O) groups is 1. The zero-order valence-electron chi connectivity index (χ0n) is 15.0. The molecule has 0 atom stereocenters. The lowest BCUT2D eigenvalue weighted by Crippen LogP contribution is -2.44. The lowest BCUT2D eigenvalue weighted by atomic mass is 9.82. The molecule has 5 aromatic carbocycles. The molecule has 0 aromatic heterocycles. The van der Waals surface area contributed by atoms with E-state index in [1.165, 1.54) is 35.8 Å². The third-order valence-electron chi connectivity index (χ3n) is 6.02. The summed E-state index contributed by atoms with van der Waals surface area (Å²) in [5.74, 6) is -1.52. The fourth-order valence-corrected chi connectivity index (χ4v) is 4.79. The molecule has 0 amide bonds. The summed E-state index contributed by atoms with van der Waals surface area (Å²) in [6.07, 6.45) is 1.80. The maximum atomic E-state index is 13.3. The Morgan fingerprint density at radius 2 is 1.33 bits per heavy atom. The van der Waals surface area contributed by atoms with Crippen molar-refractivity contribution in [3.05, 3.63) is 65.4 Å². The minimum absolute atomic E-state index is 0.155. The molecule has 3 nitrogen and oxygen atoms in total. The van der Waals surface area contributed by atoms with Crippen LogP contribution in [0.1, 0.15) is 10.4 Å². The van der Waals surface area contributed by atoms with Gasteiger partial charge in [-0.05, 0) is 61.1 Å². The number of hydrogen-bond acceptors (Lipinski definition) is 3. The van der Waals surface area contributed by atoms with Crippen LogP contribution in [0.4, 0.5) is 0 Å². The summed E-state index contributed by atoms with van der Waals surface area (Å²) in [6, 6.07) is 19.0. The summed E-state index contributed by atoms with van der Waals surface area (Å²) in [5.41, 5.74) is 0.660. The minimum atomic E-state index is -1.37. The van der Waals surface area contributed by atoms with E-state index in [1.54, 1.807) is 6.08 Å². The van der Waals surface area contributed by atoms with Crippen LogP contribution in [0.25, 0.3) is 49.2 Å². The van der Waals surface area contributed by atoms with Crippen molar-refractivity contribution in [2.75, 3.05) is 14.2 Å². The Balaban J connectivity index is 1.96. The standard InChI is InChI=1S/C24H16O3/c1-26-24(27-2)12-17-9-8-15-10-14-5-3-4-13-6-7-16-11-18(23(24)25)20(17)22(15)21(16)19(13)14/h3-12H,1-2H3. The number of Topliss-reactive ketones (excluding diaryl/α,β-unsaturated/α-hetero) is 1. The van der Waals surface area contributed by atoms with Crippen molar-refractivity contribution >= 4 is 54.9 Å².